The average Bonchev–Trinajstić information content (AvgIpc) is 3.24. The van der Waals surface area contributed by atoms with Crippen LogP contribution >= 0.6 is 18.5 Å². The highest BCUT2D eigenvalue weighted by molar-refractivity contribution is 8.06. The Labute approximate surface area is 195 Å². The lowest BCUT2D eigenvalue weighted by Crippen LogP contribution is -2.40. The predicted molar refractivity (Wildman–Crippen MR) is 117 cm³/mol. The molecule has 3 heterocycles. The van der Waals surface area contributed by atoms with Crippen molar-refractivity contribution in [1.82, 2.24) is 19.5 Å². The smallest absolute Gasteiger partial charge is 0.387 e. The summed E-state index contributed by atoms with van der Waals surface area (Å²) in [6, 6.07) is 0. The average molecular weight is 533 g/mol. The maximum absolute atomic E-state index is 12.6. The summed E-state index contributed by atoms with van der Waals surface area (Å²) in [7, 11) is 0. The largest absolute Gasteiger partial charge is 0.389 e. The van der Waals surface area contributed by atoms with Crippen molar-refractivity contribution in [3.05, 3.63) is 12.2 Å². The van der Waals surface area contributed by atoms with Gasteiger partial charge in [-0.25, -0.2) is 15.0 Å². The molecule has 11 nitrogen and oxygen atoms in total. The molecule has 2 aromatic rings. The van der Waals surface area contributed by atoms with Gasteiger partial charge in [-0.3, -0.25) is 4.57 Å². The Bertz CT molecular complexity index is 1020. The zero-order valence-electron chi connectivity index (χ0n) is 17.2. The van der Waals surface area contributed by atoms with Gasteiger partial charge in [-0.2, -0.15) is 24.9 Å². The Kier molecular flexibility index (Phi) is 8.24. The second kappa shape index (κ2) is 10.3. The molecule has 0 bridgehead atoms. The van der Waals surface area contributed by atoms with Crippen molar-refractivity contribution in [3.8, 4) is 0 Å². The molecule has 0 saturated carbocycles. The molecule has 5 atom stereocenters. The first-order valence-corrected chi connectivity index (χ1v) is 13.6. The molecule has 3 rings (SSSR count). The molecule has 6 N–H and O–H groups in total. The minimum Gasteiger partial charge on any atom is -0.387 e. The van der Waals surface area contributed by atoms with E-state index >= 15 is 0 Å². The van der Waals surface area contributed by atoms with Gasteiger partial charge in [-0.05, 0) is 30.2 Å². The molecular formula is C16H23F3N5O6PS2. The molecule has 0 amide bonds. The fraction of sp³-hybridized carbons (Fsp3) is 0.688. The monoisotopic (exact) mass is 533 g/mol. The van der Waals surface area contributed by atoms with Crippen molar-refractivity contribution in [2.75, 3.05) is 17.7 Å². The number of thioether (sulfide) groups is 1. The van der Waals surface area contributed by atoms with E-state index in [1.54, 1.807) is 0 Å². The van der Waals surface area contributed by atoms with Gasteiger partial charge in [0.1, 0.15) is 29.7 Å². The first-order chi connectivity index (χ1) is 15.3. The maximum Gasteiger partial charge on any atom is 0.389 e. The van der Waals surface area contributed by atoms with Gasteiger partial charge in [0.05, 0.1) is 18.9 Å². The third-order valence-corrected chi connectivity index (χ3v) is 6.37. The molecular weight excluding hydrogens is 510 g/mol. The summed E-state index contributed by atoms with van der Waals surface area (Å²) < 4.78 is 50.0. The van der Waals surface area contributed by atoms with Gasteiger partial charge in [-0.15, -0.1) is 0 Å². The molecule has 17 heteroatoms. The molecule has 1 unspecified atom stereocenters. The third kappa shape index (κ3) is 6.52. The number of hydrogen-bond acceptors (Lipinski definition) is 10. The Balaban J connectivity index is 1.91. The molecule has 0 aromatic carbocycles. The number of rotatable bonds is 9. The number of aliphatic hydroxyl groups excluding tert-OH is 2. The molecule has 1 aliphatic heterocycles. The minimum absolute atomic E-state index is 0.00703. The number of aromatic nitrogens is 4. The number of anilines is 1. The van der Waals surface area contributed by atoms with Crippen LogP contribution in [0.15, 0.2) is 6.33 Å². The zero-order chi connectivity index (χ0) is 24.6. The van der Waals surface area contributed by atoms with Crippen LogP contribution in [-0.4, -0.2) is 82.1 Å². The van der Waals surface area contributed by atoms with Gasteiger partial charge < -0.3 is 35.0 Å². The highest BCUT2D eigenvalue weighted by Gasteiger charge is 2.48. The Morgan fingerprint density at radius 2 is 2.03 bits per heavy atom. The summed E-state index contributed by atoms with van der Waals surface area (Å²) in [6.07, 6.45) is -9.40. The van der Waals surface area contributed by atoms with Crippen LogP contribution in [-0.2, 0) is 27.5 Å². The van der Waals surface area contributed by atoms with Crippen LogP contribution in [0.3, 0.4) is 0 Å². The number of ether oxygens (including phenoxy) is 1. The fourth-order valence-electron chi connectivity index (χ4n) is 3.45. The van der Waals surface area contributed by atoms with Crippen LogP contribution < -0.4 is 5.73 Å². The lowest BCUT2D eigenvalue weighted by Gasteiger charge is -2.27. The summed E-state index contributed by atoms with van der Waals surface area (Å²) in [5.74, 6) is 0.183. The molecule has 0 radical (unpaired) electrons. The Morgan fingerprint density at radius 3 is 2.64 bits per heavy atom. The topological polar surface area (TPSA) is 169 Å². The molecule has 0 spiro atoms. The van der Waals surface area contributed by atoms with E-state index in [2.05, 4.69) is 26.8 Å². The molecule has 2 aromatic heterocycles. The number of nitrogen functional groups attached to an aromatic ring is 1. The van der Waals surface area contributed by atoms with E-state index in [0.29, 0.717) is 5.75 Å². The lowest BCUT2D eigenvalue weighted by molar-refractivity contribution is -0.134. The van der Waals surface area contributed by atoms with E-state index in [0.717, 1.165) is 0 Å². The summed E-state index contributed by atoms with van der Waals surface area (Å²) in [4.78, 5) is 31.2. The number of aryl methyl sites for hydroxylation is 1. The first-order valence-electron chi connectivity index (χ1n) is 9.61. The van der Waals surface area contributed by atoms with Crippen LogP contribution in [0.25, 0.3) is 11.2 Å². The number of halogens is 3. The molecule has 1 fully saturated rings. The number of alkyl halides is 3. The molecule has 1 aliphatic rings. The fourth-order valence-corrected chi connectivity index (χ4v) is 4.82. The number of hydrogen-bond donors (Lipinski definition) is 5. The van der Waals surface area contributed by atoms with Crippen LogP contribution in [0.4, 0.5) is 19.0 Å². The lowest BCUT2D eigenvalue weighted by atomic mass is 10.0. The van der Waals surface area contributed by atoms with E-state index in [9.17, 15) is 33.2 Å². The van der Waals surface area contributed by atoms with Crippen molar-refractivity contribution in [2.24, 2.45) is 0 Å². The Morgan fingerprint density at radius 1 is 1.33 bits per heavy atom. The SMILES string of the molecule is CSCCC(OP(O)(O)=S)[C@H]1O[C@@H](n2cnc3c(N)nc(CCC(F)(F)F)nc32)[C@H](O)[C@@H]1O. The summed E-state index contributed by atoms with van der Waals surface area (Å²) in [5, 5.41) is 21.2. The van der Waals surface area contributed by atoms with Crippen LogP contribution in [0.2, 0.25) is 0 Å². The number of imidazole rings is 1. The van der Waals surface area contributed by atoms with Gasteiger partial charge in [0, 0.05) is 6.42 Å². The maximum atomic E-state index is 12.6. The molecule has 186 valence electrons. The number of nitrogens with zero attached hydrogens (tertiary/aromatic N) is 4. The summed E-state index contributed by atoms with van der Waals surface area (Å²) in [5.41, 5.74) is 5.91. The second-order valence-electron chi connectivity index (χ2n) is 7.35. The van der Waals surface area contributed by atoms with E-state index < -0.39 is 56.4 Å². The van der Waals surface area contributed by atoms with Gasteiger partial charge in [0.15, 0.2) is 17.7 Å². The van der Waals surface area contributed by atoms with Gasteiger partial charge >= 0.3 is 12.9 Å². The summed E-state index contributed by atoms with van der Waals surface area (Å²) >= 11 is 5.97. The molecule has 1 saturated heterocycles. The number of fused-ring (bicyclic) bond motifs is 1. The standard InChI is InChI=1S/C16H23F3N5O6PS2/c1-33-5-3-7(30-31(27,28)32)12-10(25)11(26)15(29-12)24-6-21-9-13(20)22-8(23-14(9)24)2-4-16(17,18)19/h6-7,10-12,15,25-26H,2-5H2,1H3,(H2,20,22,23)(H2,27,28,32)/t7?,10-,11+,12+,15+/m0/s1. The normalized spacial score (nSPS) is 25.1. The van der Waals surface area contributed by atoms with Gasteiger partial charge in [0.2, 0.25) is 0 Å². The predicted octanol–water partition coefficient (Wildman–Crippen LogP) is 0.870. The van der Waals surface area contributed by atoms with E-state index in [-0.39, 0.29) is 29.2 Å². The van der Waals surface area contributed by atoms with Crippen molar-refractivity contribution < 1.29 is 42.4 Å². The van der Waals surface area contributed by atoms with Gasteiger partial charge in [0.25, 0.3) is 0 Å². The molecule has 33 heavy (non-hydrogen) atoms. The van der Waals surface area contributed by atoms with Crippen LogP contribution in [0.1, 0.15) is 24.9 Å². The first kappa shape index (κ1) is 26.5. The second-order valence-corrected chi connectivity index (χ2v) is 11.0. The van der Waals surface area contributed by atoms with Crippen LogP contribution in [0, 0.1) is 0 Å². The third-order valence-electron chi connectivity index (χ3n) is 4.92. The quantitative estimate of drug-likeness (QED) is 0.289. The minimum atomic E-state index is -4.41. The highest BCUT2D eigenvalue weighted by Crippen LogP contribution is 2.43. The summed E-state index contributed by atoms with van der Waals surface area (Å²) in [6.45, 7) is -4.11. The van der Waals surface area contributed by atoms with Crippen molar-refractivity contribution in [2.45, 2.75) is 56.1 Å². The van der Waals surface area contributed by atoms with Crippen molar-refractivity contribution >= 4 is 47.3 Å². The van der Waals surface area contributed by atoms with Crippen molar-refractivity contribution in [1.29, 1.82) is 0 Å². The number of aliphatic hydroxyl groups is 2. The van der Waals surface area contributed by atoms with E-state index in [1.807, 2.05) is 6.26 Å². The van der Waals surface area contributed by atoms with E-state index in [1.165, 1.54) is 22.7 Å². The van der Waals surface area contributed by atoms with Crippen molar-refractivity contribution in [3.63, 3.8) is 0 Å². The number of nitrogens with two attached hydrogens (primary N) is 1. The zero-order valence-corrected chi connectivity index (χ0v) is 19.7. The highest BCUT2D eigenvalue weighted by atomic mass is 32.5. The van der Waals surface area contributed by atoms with Crippen LogP contribution in [0.5, 0.6) is 0 Å². The molecule has 0 aliphatic carbocycles. The van der Waals surface area contributed by atoms with Gasteiger partial charge in [-0.1, -0.05) is 0 Å². The van der Waals surface area contributed by atoms with E-state index in [4.69, 9.17) is 15.0 Å². The Hall–Kier alpha value is -1.10.